The third kappa shape index (κ3) is 2.67. The maximum atomic E-state index is 12.2. The van der Waals surface area contributed by atoms with Gasteiger partial charge in [-0.2, -0.15) is 0 Å². The Balaban J connectivity index is 2.08. The van der Waals surface area contributed by atoms with Crippen LogP contribution in [0.3, 0.4) is 0 Å². The first-order valence-electron chi connectivity index (χ1n) is 6.19. The highest BCUT2D eigenvalue weighted by molar-refractivity contribution is 6.16. The molecule has 19 heavy (non-hydrogen) atoms. The van der Waals surface area contributed by atoms with Crippen LogP contribution in [0.1, 0.15) is 19.6 Å². The molecule has 0 aliphatic carbocycles. The average Bonchev–Trinajstić information content (AvgIpc) is 2.80. The maximum absolute atomic E-state index is 12.2. The number of urea groups is 1. The third-order valence-electron chi connectivity index (χ3n) is 3.12. The normalized spacial score (nSPS) is 20.1. The fraction of sp³-hybridized carbons (Fsp3) is 0.462. The van der Waals surface area contributed by atoms with Crippen LogP contribution in [0.4, 0.5) is 4.79 Å². The Kier molecular flexibility index (Phi) is 3.69. The molecule has 0 radical (unpaired) electrons. The van der Waals surface area contributed by atoms with Crippen molar-refractivity contribution < 1.29 is 18.8 Å². The van der Waals surface area contributed by atoms with Crippen molar-refractivity contribution in [2.75, 3.05) is 6.54 Å². The van der Waals surface area contributed by atoms with Crippen molar-refractivity contribution in [3.05, 3.63) is 24.2 Å². The first-order chi connectivity index (χ1) is 9.00. The molecule has 1 aliphatic rings. The number of furan rings is 1. The number of amides is 4. The second-order valence-electron chi connectivity index (χ2n) is 4.84. The summed E-state index contributed by atoms with van der Waals surface area (Å²) in [5, 5.41) is 2.22. The minimum Gasteiger partial charge on any atom is -0.469 e. The molecule has 6 nitrogen and oxygen atoms in total. The second kappa shape index (κ2) is 5.26. The molecule has 2 heterocycles. The molecule has 2 rings (SSSR count). The van der Waals surface area contributed by atoms with E-state index in [1.807, 2.05) is 0 Å². The van der Waals surface area contributed by atoms with Crippen molar-refractivity contribution in [2.24, 2.45) is 11.8 Å². The summed E-state index contributed by atoms with van der Waals surface area (Å²) in [5.41, 5.74) is 0. The SMILES string of the molecule is CC(C)C1C(=O)NC(=O)N(CCc2ccco2)C1=O. The van der Waals surface area contributed by atoms with Crippen LogP contribution < -0.4 is 5.32 Å². The fourth-order valence-electron chi connectivity index (χ4n) is 2.11. The van der Waals surface area contributed by atoms with E-state index in [9.17, 15) is 14.4 Å². The fourth-order valence-corrected chi connectivity index (χ4v) is 2.11. The molecule has 1 aliphatic heterocycles. The molecule has 102 valence electrons. The molecule has 0 aromatic carbocycles. The Morgan fingerprint density at radius 3 is 2.68 bits per heavy atom. The smallest absolute Gasteiger partial charge is 0.330 e. The van der Waals surface area contributed by atoms with Gasteiger partial charge in [-0.1, -0.05) is 13.8 Å². The summed E-state index contributed by atoms with van der Waals surface area (Å²) < 4.78 is 5.15. The molecule has 1 atom stereocenters. The largest absolute Gasteiger partial charge is 0.469 e. The molecule has 1 aromatic rings. The van der Waals surface area contributed by atoms with Gasteiger partial charge in [-0.25, -0.2) is 4.79 Å². The Labute approximate surface area is 110 Å². The van der Waals surface area contributed by atoms with Gasteiger partial charge in [0, 0.05) is 13.0 Å². The number of carbonyl (C=O) groups excluding carboxylic acids is 3. The Hall–Kier alpha value is -2.11. The van der Waals surface area contributed by atoms with Crippen molar-refractivity contribution in [2.45, 2.75) is 20.3 Å². The van der Waals surface area contributed by atoms with Crippen LogP contribution in [-0.4, -0.2) is 29.3 Å². The first kappa shape index (κ1) is 13.3. The van der Waals surface area contributed by atoms with Gasteiger partial charge in [0.15, 0.2) is 0 Å². The van der Waals surface area contributed by atoms with E-state index in [0.717, 1.165) is 4.90 Å². The summed E-state index contributed by atoms with van der Waals surface area (Å²) in [6, 6.07) is 2.86. The van der Waals surface area contributed by atoms with Crippen molar-refractivity contribution in [1.82, 2.24) is 10.2 Å². The predicted molar refractivity (Wildman–Crippen MR) is 66.0 cm³/mol. The number of barbiturate groups is 1. The van der Waals surface area contributed by atoms with Crippen molar-refractivity contribution in [3.63, 3.8) is 0 Å². The van der Waals surface area contributed by atoms with Gasteiger partial charge in [-0.15, -0.1) is 0 Å². The van der Waals surface area contributed by atoms with E-state index in [1.165, 1.54) is 6.26 Å². The quantitative estimate of drug-likeness (QED) is 0.828. The summed E-state index contributed by atoms with van der Waals surface area (Å²) in [6.45, 7) is 3.76. The van der Waals surface area contributed by atoms with E-state index in [4.69, 9.17) is 4.42 Å². The Morgan fingerprint density at radius 1 is 1.37 bits per heavy atom. The van der Waals surface area contributed by atoms with Gasteiger partial charge in [0.1, 0.15) is 11.7 Å². The number of carbonyl (C=O) groups is 3. The zero-order valence-electron chi connectivity index (χ0n) is 10.9. The molecule has 1 aromatic heterocycles. The highest BCUT2D eigenvalue weighted by Gasteiger charge is 2.41. The van der Waals surface area contributed by atoms with Gasteiger partial charge < -0.3 is 4.42 Å². The highest BCUT2D eigenvalue weighted by Crippen LogP contribution is 2.19. The zero-order chi connectivity index (χ0) is 14.0. The molecule has 6 heteroatoms. The maximum Gasteiger partial charge on any atom is 0.330 e. The van der Waals surface area contributed by atoms with Gasteiger partial charge in [-0.3, -0.25) is 19.8 Å². The highest BCUT2D eigenvalue weighted by atomic mass is 16.3. The van der Waals surface area contributed by atoms with Crippen molar-refractivity contribution >= 4 is 17.8 Å². The van der Waals surface area contributed by atoms with E-state index in [-0.39, 0.29) is 12.5 Å². The number of nitrogens with zero attached hydrogens (tertiary/aromatic N) is 1. The van der Waals surface area contributed by atoms with Crippen LogP contribution >= 0.6 is 0 Å². The number of hydrogen-bond acceptors (Lipinski definition) is 4. The predicted octanol–water partition coefficient (Wildman–Crippen LogP) is 1.17. The van der Waals surface area contributed by atoms with Crippen LogP contribution in [0.2, 0.25) is 0 Å². The summed E-state index contributed by atoms with van der Waals surface area (Å²) in [5.74, 6) is -1.20. The molecule has 0 saturated carbocycles. The lowest BCUT2D eigenvalue weighted by molar-refractivity contribution is -0.144. The second-order valence-corrected chi connectivity index (χ2v) is 4.84. The van der Waals surface area contributed by atoms with Gasteiger partial charge in [0.2, 0.25) is 11.8 Å². The van der Waals surface area contributed by atoms with Crippen LogP contribution in [0, 0.1) is 11.8 Å². The molecule has 0 spiro atoms. The number of nitrogens with one attached hydrogen (secondary N) is 1. The first-order valence-corrected chi connectivity index (χ1v) is 6.19. The van der Waals surface area contributed by atoms with Gasteiger partial charge in [0.05, 0.1) is 6.26 Å². The number of imide groups is 2. The summed E-state index contributed by atoms with van der Waals surface area (Å²) in [6.07, 6.45) is 1.97. The van der Waals surface area contributed by atoms with Gasteiger partial charge in [0.25, 0.3) is 0 Å². The summed E-state index contributed by atoms with van der Waals surface area (Å²) >= 11 is 0. The topological polar surface area (TPSA) is 79.6 Å². The lowest BCUT2D eigenvalue weighted by Crippen LogP contribution is -2.59. The van der Waals surface area contributed by atoms with Crippen LogP contribution in [0.25, 0.3) is 0 Å². The van der Waals surface area contributed by atoms with Crippen LogP contribution in [0.15, 0.2) is 22.8 Å². The summed E-state index contributed by atoms with van der Waals surface area (Å²) in [4.78, 5) is 36.6. The molecule has 0 bridgehead atoms. The molecule has 1 N–H and O–H groups in total. The molecule has 1 fully saturated rings. The molecular weight excluding hydrogens is 248 g/mol. The Bertz CT molecular complexity index is 493. The number of hydrogen-bond donors (Lipinski definition) is 1. The Morgan fingerprint density at radius 2 is 2.11 bits per heavy atom. The number of rotatable bonds is 4. The van der Waals surface area contributed by atoms with Crippen molar-refractivity contribution in [3.8, 4) is 0 Å². The van der Waals surface area contributed by atoms with E-state index in [0.29, 0.717) is 12.2 Å². The molecule has 1 saturated heterocycles. The standard InChI is InChI=1S/C13H16N2O4/c1-8(2)10-11(16)14-13(18)15(12(10)17)6-5-9-4-3-7-19-9/h3-4,7-8,10H,5-6H2,1-2H3,(H,14,16,18). The molecular formula is C13H16N2O4. The third-order valence-corrected chi connectivity index (χ3v) is 3.12. The molecule has 1 unspecified atom stereocenters. The van der Waals surface area contributed by atoms with E-state index in [1.54, 1.807) is 26.0 Å². The zero-order valence-corrected chi connectivity index (χ0v) is 10.9. The van der Waals surface area contributed by atoms with Crippen LogP contribution in [-0.2, 0) is 16.0 Å². The van der Waals surface area contributed by atoms with E-state index >= 15 is 0 Å². The average molecular weight is 264 g/mol. The molecule has 4 amide bonds. The van der Waals surface area contributed by atoms with Gasteiger partial charge in [-0.05, 0) is 18.1 Å². The lowest BCUT2D eigenvalue weighted by atomic mass is 9.92. The minimum atomic E-state index is -0.797. The van der Waals surface area contributed by atoms with Crippen molar-refractivity contribution in [1.29, 1.82) is 0 Å². The van der Waals surface area contributed by atoms with Gasteiger partial charge >= 0.3 is 6.03 Å². The van der Waals surface area contributed by atoms with E-state index < -0.39 is 23.8 Å². The monoisotopic (exact) mass is 264 g/mol. The summed E-state index contributed by atoms with van der Waals surface area (Å²) in [7, 11) is 0. The minimum absolute atomic E-state index is 0.147. The lowest BCUT2D eigenvalue weighted by Gasteiger charge is -2.31. The van der Waals surface area contributed by atoms with E-state index in [2.05, 4.69) is 5.32 Å². The van der Waals surface area contributed by atoms with Crippen LogP contribution in [0.5, 0.6) is 0 Å².